The molecule has 0 unspecified atom stereocenters. The van der Waals surface area contributed by atoms with Crippen LogP contribution in [-0.2, 0) is 11.2 Å². The molecule has 7 heteroatoms. The number of aryl methyl sites for hydroxylation is 1. The second-order valence-corrected chi connectivity index (χ2v) is 6.69. The average molecular weight is 388 g/mol. The fourth-order valence-corrected chi connectivity index (χ4v) is 3.51. The zero-order valence-corrected chi connectivity index (χ0v) is 16.3. The van der Waals surface area contributed by atoms with Gasteiger partial charge in [-0.15, -0.1) is 36.2 Å². The van der Waals surface area contributed by atoms with Crippen LogP contribution in [0, 0.1) is 6.92 Å². The second-order valence-electron chi connectivity index (χ2n) is 5.83. The lowest BCUT2D eigenvalue weighted by atomic mass is 10.1. The molecule has 1 saturated heterocycles. The van der Waals surface area contributed by atoms with Crippen LogP contribution in [0.3, 0.4) is 0 Å². The maximum Gasteiger partial charge on any atom is 0.228 e. The van der Waals surface area contributed by atoms with E-state index in [-0.39, 0.29) is 36.8 Å². The minimum Gasteiger partial charge on any atom is -0.337 e. The first-order valence-electron chi connectivity index (χ1n) is 7.65. The Bertz CT molecular complexity index is 660. The Labute approximate surface area is 159 Å². The highest BCUT2D eigenvalue weighted by Crippen LogP contribution is 2.24. The second kappa shape index (κ2) is 9.37. The summed E-state index contributed by atoms with van der Waals surface area (Å²) in [6.45, 7) is 6.70. The molecule has 1 atom stereocenters. The molecule has 0 radical (unpaired) electrons. The molecule has 0 bridgehead atoms. The van der Waals surface area contributed by atoms with Gasteiger partial charge in [-0.3, -0.25) is 4.79 Å². The van der Waals surface area contributed by atoms with Crippen molar-refractivity contribution in [2.45, 2.75) is 26.3 Å². The Morgan fingerprint density at radius 3 is 2.71 bits per heavy atom. The van der Waals surface area contributed by atoms with E-state index in [0.29, 0.717) is 6.42 Å². The molecular formula is C17H23Cl2N3OS. The predicted octanol–water partition coefficient (Wildman–Crippen LogP) is 3.32. The molecule has 0 aliphatic carbocycles. The molecule has 1 aromatic heterocycles. The van der Waals surface area contributed by atoms with Crippen LogP contribution in [0.5, 0.6) is 0 Å². The van der Waals surface area contributed by atoms with Crippen molar-refractivity contribution < 1.29 is 4.79 Å². The van der Waals surface area contributed by atoms with E-state index in [1.807, 2.05) is 10.3 Å². The van der Waals surface area contributed by atoms with Crippen LogP contribution >= 0.6 is 36.2 Å². The molecular weight excluding hydrogens is 365 g/mol. The van der Waals surface area contributed by atoms with Gasteiger partial charge < -0.3 is 10.2 Å². The number of rotatable bonds is 3. The van der Waals surface area contributed by atoms with E-state index in [1.54, 1.807) is 11.3 Å². The van der Waals surface area contributed by atoms with Crippen molar-refractivity contribution in [3.8, 4) is 10.6 Å². The van der Waals surface area contributed by atoms with Gasteiger partial charge in [0.05, 0.1) is 12.1 Å². The summed E-state index contributed by atoms with van der Waals surface area (Å²) in [6, 6.07) is 8.60. The average Bonchev–Trinajstić information content (AvgIpc) is 2.97. The lowest BCUT2D eigenvalue weighted by Gasteiger charge is -2.33. The number of piperazine rings is 1. The highest BCUT2D eigenvalue weighted by molar-refractivity contribution is 7.13. The Morgan fingerprint density at radius 2 is 2.04 bits per heavy atom. The van der Waals surface area contributed by atoms with Gasteiger partial charge in [-0.05, 0) is 13.8 Å². The van der Waals surface area contributed by atoms with Crippen molar-refractivity contribution in [2.75, 3.05) is 19.6 Å². The molecule has 3 rings (SSSR count). The Morgan fingerprint density at radius 1 is 1.33 bits per heavy atom. The van der Waals surface area contributed by atoms with Gasteiger partial charge in [-0.2, -0.15) is 0 Å². The highest BCUT2D eigenvalue weighted by atomic mass is 35.5. The normalized spacial score (nSPS) is 16.9. The van der Waals surface area contributed by atoms with Crippen LogP contribution in [0.2, 0.25) is 0 Å². The van der Waals surface area contributed by atoms with Crippen molar-refractivity contribution in [2.24, 2.45) is 0 Å². The summed E-state index contributed by atoms with van der Waals surface area (Å²) >= 11 is 1.60. The summed E-state index contributed by atoms with van der Waals surface area (Å²) in [5.41, 5.74) is 3.23. The number of carbonyl (C=O) groups is 1. The van der Waals surface area contributed by atoms with E-state index < -0.39 is 0 Å². The fraction of sp³-hybridized carbons (Fsp3) is 0.412. The van der Waals surface area contributed by atoms with Crippen LogP contribution < -0.4 is 5.32 Å². The zero-order chi connectivity index (χ0) is 15.5. The van der Waals surface area contributed by atoms with Gasteiger partial charge in [0.15, 0.2) is 0 Å². The molecule has 0 saturated carbocycles. The van der Waals surface area contributed by atoms with E-state index >= 15 is 0 Å². The molecule has 1 aliphatic rings. The van der Waals surface area contributed by atoms with E-state index in [1.165, 1.54) is 5.56 Å². The Kier molecular flexibility index (Phi) is 8.16. The first-order chi connectivity index (χ1) is 10.6. The number of hydrogen-bond donors (Lipinski definition) is 1. The van der Waals surface area contributed by atoms with E-state index in [0.717, 1.165) is 35.9 Å². The highest BCUT2D eigenvalue weighted by Gasteiger charge is 2.23. The molecule has 0 spiro atoms. The Hall–Kier alpha value is -1.14. The minimum atomic E-state index is 0. The predicted molar refractivity (Wildman–Crippen MR) is 105 cm³/mol. The SMILES string of the molecule is Cc1ccc(-c2nc(CC(=O)N3CCNC[C@@H]3C)cs2)cc1.Cl.Cl. The quantitative estimate of drug-likeness (QED) is 0.878. The summed E-state index contributed by atoms with van der Waals surface area (Å²) in [5.74, 6) is 0.176. The molecule has 1 fully saturated rings. The smallest absolute Gasteiger partial charge is 0.228 e. The first kappa shape index (κ1) is 20.9. The number of benzene rings is 1. The summed E-state index contributed by atoms with van der Waals surface area (Å²) in [4.78, 5) is 19.0. The molecule has 1 aliphatic heterocycles. The van der Waals surface area contributed by atoms with E-state index in [9.17, 15) is 4.79 Å². The fourth-order valence-electron chi connectivity index (χ4n) is 2.68. The molecule has 2 heterocycles. The van der Waals surface area contributed by atoms with Crippen molar-refractivity contribution >= 4 is 42.1 Å². The molecule has 2 aromatic rings. The number of hydrogen-bond acceptors (Lipinski definition) is 4. The van der Waals surface area contributed by atoms with Gasteiger partial charge in [0.1, 0.15) is 5.01 Å². The van der Waals surface area contributed by atoms with Crippen LogP contribution in [0.4, 0.5) is 0 Å². The topological polar surface area (TPSA) is 45.2 Å². The van der Waals surface area contributed by atoms with E-state index in [4.69, 9.17) is 0 Å². The third-order valence-corrected chi connectivity index (χ3v) is 4.94. The molecule has 1 aromatic carbocycles. The summed E-state index contributed by atoms with van der Waals surface area (Å²) in [5, 5.41) is 6.29. The van der Waals surface area contributed by atoms with Crippen molar-refractivity contribution in [3.05, 3.63) is 40.9 Å². The Balaban J connectivity index is 0.00000144. The lowest BCUT2D eigenvalue weighted by Crippen LogP contribution is -2.52. The monoisotopic (exact) mass is 387 g/mol. The summed E-state index contributed by atoms with van der Waals surface area (Å²) in [6.07, 6.45) is 0.396. The van der Waals surface area contributed by atoms with Gasteiger partial charge in [-0.25, -0.2) is 4.98 Å². The number of carbonyl (C=O) groups excluding carboxylic acids is 1. The number of nitrogens with zero attached hydrogens (tertiary/aromatic N) is 2. The largest absolute Gasteiger partial charge is 0.337 e. The van der Waals surface area contributed by atoms with Gasteiger partial charge >= 0.3 is 0 Å². The van der Waals surface area contributed by atoms with Crippen LogP contribution in [-0.4, -0.2) is 41.5 Å². The van der Waals surface area contributed by atoms with Gasteiger partial charge in [0, 0.05) is 36.6 Å². The van der Waals surface area contributed by atoms with Gasteiger partial charge in [0.25, 0.3) is 0 Å². The van der Waals surface area contributed by atoms with E-state index in [2.05, 4.69) is 48.4 Å². The van der Waals surface area contributed by atoms with Gasteiger partial charge in [0.2, 0.25) is 5.91 Å². The summed E-state index contributed by atoms with van der Waals surface area (Å²) in [7, 11) is 0. The third-order valence-electron chi connectivity index (χ3n) is 4.00. The van der Waals surface area contributed by atoms with Gasteiger partial charge in [-0.1, -0.05) is 29.8 Å². The minimum absolute atomic E-state index is 0. The number of amides is 1. The van der Waals surface area contributed by atoms with Crippen molar-refractivity contribution in [1.29, 1.82) is 0 Å². The summed E-state index contributed by atoms with van der Waals surface area (Å²) < 4.78 is 0. The van der Waals surface area contributed by atoms with Crippen molar-refractivity contribution in [1.82, 2.24) is 15.2 Å². The number of halogens is 2. The number of thiazole rings is 1. The zero-order valence-electron chi connectivity index (χ0n) is 13.8. The molecule has 4 nitrogen and oxygen atoms in total. The number of nitrogens with one attached hydrogen (secondary N) is 1. The molecule has 132 valence electrons. The number of aromatic nitrogens is 1. The third kappa shape index (κ3) is 4.93. The molecule has 1 N–H and O–H groups in total. The van der Waals surface area contributed by atoms with Crippen LogP contribution in [0.1, 0.15) is 18.2 Å². The van der Waals surface area contributed by atoms with Crippen molar-refractivity contribution in [3.63, 3.8) is 0 Å². The first-order valence-corrected chi connectivity index (χ1v) is 8.53. The maximum atomic E-state index is 12.4. The molecule has 24 heavy (non-hydrogen) atoms. The lowest BCUT2D eigenvalue weighted by molar-refractivity contribution is -0.133. The standard InChI is InChI=1S/C17H21N3OS.2ClH/c1-12-3-5-14(6-4-12)17-19-15(11-22-17)9-16(21)20-8-7-18-10-13(20)2;;/h3-6,11,13,18H,7-10H2,1-2H3;2*1H/t13-;;/m0../s1. The maximum absolute atomic E-state index is 12.4. The molecule has 1 amide bonds. The van der Waals surface area contributed by atoms with Crippen LogP contribution in [0.15, 0.2) is 29.6 Å². The van der Waals surface area contributed by atoms with Crippen LogP contribution in [0.25, 0.3) is 10.6 Å².